The van der Waals surface area contributed by atoms with Gasteiger partial charge in [-0.3, -0.25) is 14.5 Å². The van der Waals surface area contributed by atoms with Crippen molar-refractivity contribution in [2.24, 2.45) is 5.92 Å². The normalized spacial score (nSPS) is 22.9. The van der Waals surface area contributed by atoms with E-state index in [1.807, 2.05) is 32.0 Å². The molecule has 20 heavy (non-hydrogen) atoms. The van der Waals surface area contributed by atoms with Crippen molar-refractivity contribution in [3.8, 4) is 5.75 Å². The average Bonchev–Trinajstić information content (AvgIpc) is 2.43. The smallest absolute Gasteiger partial charge is 0.250 e. The largest absolute Gasteiger partial charge is 0.497 e. The highest BCUT2D eigenvalue weighted by molar-refractivity contribution is 6.08. The molecule has 2 atom stereocenters. The zero-order valence-electron chi connectivity index (χ0n) is 12.2. The van der Waals surface area contributed by atoms with E-state index in [9.17, 15) is 9.59 Å². The summed E-state index contributed by atoms with van der Waals surface area (Å²) in [6, 6.07) is 6.19. The number of rotatable bonds is 3. The van der Waals surface area contributed by atoms with E-state index < -0.39 is 12.1 Å². The van der Waals surface area contributed by atoms with E-state index in [4.69, 9.17) is 4.74 Å². The summed E-state index contributed by atoms with van der Waals surface area (Å²) in [7, 11) is 1.57. The molecule has 0 spiro atoms. The van der Waals surface area contributed by atoms with E-state index in [1.165, 1.54) is 0 Å². The van der Waals surface area contributed by atoms with E-state index in [0.717, 1.165) is 0 Å². The standard InChI is InChI=1S/C15H20N2O3/c1-9(2)13-15(19)17(10(3)14(18)16-13)11-6-5-7-12(8-11)20-4/h5-10,13H,1-4H3,(H,16,18). The van der Waals surface area contributed by atoms with Gasteiger partial charge in [-0.25, -0.2) is 0 Å². The molecule has 0 aliphatic carbocycles. The van der Waals surface area contributed by atoms with Gasteiger partial charge in [0.05, 0.1) is 7.11 Å². The molecular weight excluding hydrogens is 256 g/mol. The van der Waals surface area contributed by atoms with Gasteiger partial charge < -0.3 is 10.1 Å². The topological polar surface area (TPSA) is 58.6 Å². The Balaban J connectivity index is 2.40. The molecule has 1 saturated heterocycles. The summed E-state index contributed by atoms with van der Waals surface area (Å²) >= 11 is 0. The van der Waals surface area contributed by atoms with Gasteiger partial charge in [0.25, 0.3) is 5.91 Å². The number of amides is 2. The zero-order valence-corrected chi connectivity index (χ0v) is 12.2. The van der Waals surface area contributed by atoms with Gasteiger partial charge in [-0.05, 0) is 25.0 Å². The predicted molar refractivity (Wildman–Crippen MR) is 76.7 cm³/mol. The second kappa shape index (κ2) is 5.53. The van der Waals surface area contributed by atoms with Crippen LogP contribution >= 0.6 is 0 Å². The molecule has 0 saturated carbocycles. The summed E-state index contributed by atoms with van der Waals surface area (Å²) in [6.45, 7) is 5.56. The minimum Gasteiger partial charge on any atom is -0.497 e. The Labute approximate surface area is 118 Å². The van der Waals surface area contributed by atoms with Crippen molar-refractivity contribution >= 4 is 17.5 Å². The van der Waals surface area contributed by atoms with Crippen LogP contribution in [0.3, 0.4) is 0 Å². The third kappa shape index (κ3) is 2.48. The predicted octanol–water partition coefficient (Wildman–Crippen LogP) is 1.57. The van der Waals surface area contributed by atoms with Gasteiger partial charge in [-0.15, -0.1) is 0 Å². The first-order valence-corrected chi connectivity index (χ1v) is 6.73. The van der Waals surface area contributed by atoms with E-state index in [2.05, 4.69) is 5.32 Å². The van der Waals surface area contributed by atoms with Crippen molar-refractivity contribution in [1.82, 2.24) is 5.32 Å². The second-order valence-corrected chi connectivity index (χ2v) is 5.32. The van der Waals surface area contributed by atoms with Gasteiger partial charge in [-0.2, -0.15) is 0 Å². The lowest BCUT2D eigenvalue weighted by Gasteiger charge is -2.38. The number of methoxy groups -OCH3 is 1. The quantitative estimate of drug-likeness (QED) is 0.911. The number of nitrogens with zero attached hydrogens (tertiary/aromatic N) is 1. The molecule has 5 nitrogen and oxygen atoms in total. The number of piperazine rings is 1. The highest BCUT2D eigenvalue weighted by atomic mass is 16.5. The van der Waals surface area contributed by atoms with Crippen LogP contribution in [0.2, 0.25) is 0 Å². The lowest BCUT2D eigenvalue weighted by atomic mass is 9.98. The summed E-state index contributed by atoms with van der Waals surface area (Å²) < 4.78 is 5.18. The molecular formula is C15H20N2O3. The van der Waals surface area contributed by atoms with Crippen molar-refractivity contribution in [2.45, 2.75) is 32.9 Å². The van der Waals surface area contributed by atoms with Crippen LogP contribution in [-0.2, 0) is 9.59 Å². The van der Waals surface area contributed by atoms with E-state index >= 15 is 0 Å². The number of hydrogen-bond donors (Lipinski definition) is 1. The molecule has 1 aliphatic heterocycles. The fourth-order valence-corrected chi connectivity index (χ4v) is 2.36. The van der Waals surface area contributed by atoms with E-state index in [-0.39, 0.29) is 17.7 Å². The lowest BCUT2D eigenvalue weighted by Crippen LogP contribution is -2.64. The zero-order chi connectivity index (χ0) is 14.9. The molecule has 1 aromatic carbocycles. The van der Waals surface area contributed by atoms with Crippen molar-refractivity contribution in [3.63, 3.8) is 0 Å². The number of ether oxygens (including phenoxy) is 1. The number of anilines is 1. The molecule has 0 bridgehead atoms. The average molecular weight is 276 g/mol. The number of benzene rings is 1. The molecule has 2 amide bonds. The highest BCUT2D eigenvalue weighted by Crippen LogP contribution is 2.26. The summed E-state index contributed by atoms with van der Waals surface area (Å²) in [6.07, 6.45) is 0. The Morgan fingerprint density at radius 1 is 1.30 bits per heavy atom. The maximum Gasteiger partial charge on any atom is 0.250 e. The fraction of sp³-hybridized carbons (Fsp3) is 0.467. The first-order valence-electron chi connectivity index (χ1n) is 6.73. The SMILES string of the molecule is COc1cccc(N2C(=O)C(C(C)C)NC(=O)C2C)c1. The van der Waals surface area contributed by atoms with Crippen molar-refractivity contribution in [2.75, 3.05) is 12.0 Å². The van der Waals surface area contributed by atoms with Crippen molar-refractivity contribution in [3.05, 3.63) is 24.3 Å². The molecule has 1 aliphatic rings. The van der Waals surface area contributed by atoms with Crippen LogP contribution in [0.25, 0.3) is 0 Å². The maximum absolute atomic E-state index is 12.6. The number of nitrogens with one attached hydrogen (secondary N) is 1. The summed E-state index contributed by atoms with van der Waals surface area (Å²) in [4.78, 5) is 26.2. The Morgan fingerprint density at radius 2 is 2.00 bits per heavy atom. The molecule has 1 N–H and O–H groups in total. The van der Waals surface area contributed by atoms with E-state index in [0.29, 0.717) is 11.4 Å². The van der Waals surface area contributed by atoms with Crippen LogP contribution in [-0.4, -0.2) is 31.0 Å². The molecule has 0 radical (unpaired) electrons. The van der Waals surface area contributed by atoms with Crippen LogP contribution in [0.4, 0.5) is 5.69 Å². The van der Waals surface area contributed by atoms with Gasteiger partial charge in [-0.1, -0.05) is 19.9 Å². The number of carbonyl (C=O) groups is 2. The Morgan fingerprint density at radius 3 is 2.60 bits per heavy atom. The number of carbonyl (C=O) groups excluding carboxylic acids is 2. The van der Waals surface area contributed by atoms with Crippen molar-refractivity contribution in [1.29, 1.82) is 0 Å². The van der Waals surface area contributed by atoms with Crippen LogP contribution < -0.4 is 15.0 Å². The minimum atomic E-state index is -0.524. The Hall–Kier alpha value is -2.04. The van der Waals surface area contributed by atoms with Crippen LogP contribution in [0, 0.1) is 5.92 Å². The fourth-order valence-electron chi connectivity index (χ4n) is 2.36. The van der Waals surface area contributed by atoms with Crippen LogP contribution in [0.1, 0.15) is 20.8 Å². The summed E-state index contributed by atoms with van der Waals surface area (Å²) in [5, 5.41) is 2.78. The van der Waals surface area contributed by atoms with Crippen LogP contribution in [0.5, 0.6) is 5.75 Å². The molecule has 1 heterocycles. The summed E-state index contributed by atoms with van der Waals surface area (Å²) in [5.41, 5.74) is 0.683. The lowest BCUT2D eigenvalue weighted by molar-refractivity contribution is -0.134. The monoisotopic (exact) mass is 276 g/mol. The maximum atomic E-state index is 12.6. The van der Waals surface area contributed by atoms with Crippen LogP contribution in [0.15, 0.2) is 24.3 Å². The molecule has 1 fully saturated rings. The Kier molecular flexibility index (Phi) is 3.97. The summed E-state index contributed by atoms with van der Waals surface area (Å²) in [5.74, 6) is 0.494. The Bertz CT molecular complexity index is 528. The minimum absolute atomic E-state index is 0.0482. The first kappa shape index (κ1) is 14.4. The molecule has 2 unspecified atom stereocenters. The second-order valence-electron chi connectivity index (χ2n) is 5.32. The van der Waals surface area contributed by atoms with Gasteiger partial charge >= 0.3 is 0 Å². The third-order valence-electron chi connectivity index (χ3n) is 3.57. The number of hydrogen-bond acceptors (Lipinski definition) is 3. The van der Waals surface area contributed by atoms with E-state index in [1.54, 1.807) is 25.0 Å². The van der Waals surface area contributed by atoms with Gasteiger partial charge in [0.1, 0.15) is 17.8 Å². The molecule has 108 valence electrons. The van der Waals surface area contributed by atoms with Gasteiger partial charge in [0.2, 0.25) is 5.91 Å². The molecule has 1 aromatic rings. The van der Waals surface area contributed by atoms with Crippen molar-refractivity contribution < 1.29 is 14.3 Å². The first-order chi connectivity index (χ1) is 9.45. The van der Waals surface area contributed by atoms with Gasteiger partial charge in [0, 0.05) is 11.8 Å². The molecule has 2 rings (SSSR count). The highest BCUT2D eigenvalue weighted by Gasteiger charge is 2.40. The molecule has 0 aromatic heterocycles. The molecule has 5 heteroatoms. The third-order valence-corrected chi connectivity index (χ3v) is 3.57. The van der Waals surface area contributed by atoms with Gasteiger partial charge in [0.15, 0.2) is 0 Å².